The average molecular weight is 830 g/mol. The molecule has 0 atom stereocenters. The van der Waals surface area contributed by atoms with Gasteiger partial charge in [0.05, 0.1) is 0 Å². The van der Waals surface area contributed by atoms with Crippen LogP contribution in [0.2, 0.25) is 0 Å². The van der Waals surface area contributed by atoms with Gasteiger partial charge in [-0.25, -0.2) is 0 Å². The first kappa shape index (κ1) is 39.7. The molecule has 1 aliphatic rings. The van der Waals surface area contributed by atoms with E-state index in [0.717, 1.165) is 56.1 Å². The lowest BCUT2D eigenvalue weighted by atomic mass is 9.57. The van der Waals surface area contributed by atoms with Crippen LogP contribution in [-0.2, 0) is 0 Å². The Morgan fingerprint density at radius 1 is 0.354 bits per heavy atom. The second-order valence-corrected chi connectivity index (χ2v) is 17.0. The molecule has 11 rings (SSSR count). The maximum Gasteiger partial charge on any atom is 0.197 e. The molecule has 0 saturated heterocycles. The highest BCUT2D eigenvalue weighted by atomic mass is 15.1. The van der Waals surface area contributed by atoms with Crippen molar-refractivity contribution in [3.63, 3.8) is 0 Å². The molecular weight excluding hydrogens is 784 g/mol. The van der Waals surface area contributed by atoms with E-state index in [1.165, 1.54) is 61.2 Å². The highest BCUT2D eigenvalue weighted by Gasteiger charge is 2.30. The highest BCUT2D eigenvalue weighted by molar-refractivity contribution is 6.73. The lowest BCUT2D eigenvalue weighted by Gasteiger charge is -2.36. The first-order valence-electron chi connectivity index (χ1n) is 22.4. The summed E-state index contributed by atoms with van der Waals surface area (Å²) in [5.41, 5.74) is 24.5. The van der Waals surface area contributed by atoms with Crippen molar-refractivity contribution in [2.75, 3.05) is 10.2 Å². The topological polar surface area (TPSA) is 15.3 Å². The van der Waals surface area contributed by atoms with Crippen molar-refractivity contribution in [2.45, 2.75) is 13.8 Å². The molecule has 0 saturated carbocycles. The van der Waals surface area contributed by atoms with E-state index < -0.39 is 0 Å². The predicted octanol–water partition coefficient (Wildman–Crippen LogP) is 15.5. The summed E-state index contributed by atoms with van der Waals surface area (Å²) >= 11 is 0. The fourth-order valence-electron chi connectivity index (χ4n) is 9.51. The van der Waals surface area contributed by atoms with Crippen LogP contribution in [0.3, 0.4) is 0 Å². The molecule has 10 aromatic rings. The molecule has 10 aromatic carbocycles. The summed E-state index contributed by atoms with van der Waals surface area (Å²) in [4.78, 5) is 2.48. The molecule has 2 nitrogen and oxygen atoms in total. The molecule has 65 heavy (non-hydrogen) atoms. The van der Waals surface area contributed by atoms with E-state index in [2.05, 4.69) is 268 Å². The number of nitrogens with zero attached hydrogens (tertiary/aromatic N) is 1. The van der Waals surface area contributed by atoms with E-state index in [0.29, 0.717) is 0 Å². The molecule has 0 bridgehead atoms. The van der Waals surface area contributed by atoms with Gasteiger partial charge < -0.3 is 10.2 Å². The molecule has 0 spiro atoms. The SMILES string of the molecule is Cc1cccc(C)c1-c1cc(-c2cc(-c3ccccc3)ccc2Nc2ccc(-c3ccccc3)cc2)c2c(c1)N(c1ccc(-c3ccccc3)cc1)c1ccc(-c3ccccc3)cc1[B]2. The molecule has 0 aromatic heterocycles. The van der Waals surface area contributed by atoms with E-state index in [9.17, 15) is 0 Å². The van der Waals surface area contributed by atoms with Gasteiger partial charge in [0.1, 0.15) is 0 Å². The number of benzene rings is 10. The van der Waals surface area contributed by atoms with Crippen LogP contribution in [0, 0.1) is 13.8 Å². The van der Waals surface area contributed by atoms with Crippen LogP contribution in [0.15, 0.2) is 237 Å². The smallest absolute Gasteiger partial charge is 0.197 e. The van der Waals surface area contributed by atoms with E-state index >= 15 is 0 Å². The zero-order valence-electron chi connectivity index (χ0n) is 36.5. The Bertz CT molecular complexity index is 3270. The van der Waals surface area contributed by atoms with Gasteiger partial charge in [-0.1, -0.05) is 187 Å². The zero-order valence-corrected chi connectivity index (χ0v) is 36.5. The summed E-state index contributed by atoms with van der Waals surface area (Å²) in [6.45, 7) is 4.46. The Labute approximate surface area is 383 Å². The summed E-state index contributed by atoms with van der Waals surface area (Å²) in [7, 11) is 2.42. The molecule has 0 aliphatic carbocycles. The van der Waals surface area contributed by atoms with Gasteiger partial charge in [-0.2, -0.15) is 0 Å². The molecule has 1 N–H and O–H groups in total. The van der Waals surface area contributed by atoms with Crippen LogP contribution >= 0.6 is 0 Å². The maximum absolute atomic E-state index is 3.90. The lowest BCUT2D eigenvalue weighted by Crippen LogP contribution is -2.41. The van der Waals surface area contributed by atoms with Crippen molar-refractivity contribution in [3.8, 4) is 66.8 Å². The number of rotatable bonds is 9. The zero-order chi connectivity index (χ0) is 43.7. The Hall–Kier alpha value is -8.14. The van der Waals surface area contributed by atoms with Gasteiger partial charge in [-0.05, 0) is 146 Å². The third-order valence-electron chi connectivity index (χ3n) is 12.8. The first-order chi connectivity index (χ1) is 32.0. The Kier molecular flexibility index (Phi) is 10.5. The Balaban J connectivity index is 1.15. The van der Waals surface area contributed by atoms with E-state index in [4.69, 9.17) is 0 Å². The third-order valence-corrected chi connectivity index (χ3v) is 12.8. The first-order valence-corrected chi connectivity index (χ1v) is 22.4. The molecule has 3 heteroatoms. The minimum absolute atomic E-state index is 1.03. The largest absolute Gasteiger partial charge is 0.355 e. The van der Waals surface area contributed by atoms with Crippen molar-refractivity contribution in [1.29, 1.82) is 0 Å². The van der Waals surface area contributed by atoms with Crippen molar-refractivity contribution in [2.24, 2.45) is 0 Å². The van der Waals surface area contributed by atoms with Crippen molar-refractivity contribution >= 4 is 46.6 Å². The number of hydrogen-bond donors (Lipinski definition) is 1. The molecular formula is C62H46BN2. The van der Waals surface area contributed by atoms with Gasteiger partial charge in [-0.15, -0.1) is 0 Å². The van der Waals surface area contributed by atoms with Crippen molar-refractivity contribution < 1.29 is 0 Å². The van der Waals surface area contributed by atoms with E-state index in [1.807, 2.05) is 0 Å². The monoisotopic (exact) mass is 829 g/mol. The fraction of sp³-hybridized carbons (Fsp3) is 0.0323. The van der Waals surface area contributed by atoms with Crippen molar-refractivity contribution in [3.05, 3.63) is 248 Å². The highest BCUT2D eigenvalue weighted by Crippen LogP contribution is 2.44. The normalized spacial score (nSPS) is 11.6. The quantitative estimate of drug-likeness (QED) is 0.146. The van der Waals surface area contributed by atoms with Gasteiger partial charge in [0, 0.05) is 34.0 Å². The standard InChI is InChI=1S/C62H46BN2/c1-42-16-15-17-43(2)61(42)52-39-56(55-38-50(46-22-11-5-12-23-46)30-36-58(55)64-53-32-26-48(27-33-53)44-18-7-3-8-19-44)62-60(41-52)65(54-34-28-49(29-35-54)45-20-9-4-10-21-45)59-37-31-51(40-57(59)63-62)47-24-13-6-14-25-47/h3-41,64H,1-2H3. The third kappa shape index (κ3) is 7.83. The molecule has 307 valence electrons. The van der Waals surface area contributed by atoms with Crippen LogP contribution in [0.5, 0.6) is 0 Å². The number of anilines is 5. The second-order valence-electron chi connectivity index (χ2n) is 17.0. The summed E-state index contributed by atoms with van der Waals surface area (Å²) < 4.78 is 0. The minimum Gasteiger partial charge on any atom is -0.355 e. The predicted molar refractivity (Wildman–Crippen MR) is 278 cm³/mol. The maximum atomic E-state index is 3.90. The van der Waals surface area contributed by atoms with Crippen LogP contribution in [0.4, 0.5) is 28.4 Å². The molecule has 0 amide bonds. The van der Waals surface area contributed by atoms with Crippen molar-refractivity contribution in [1.82, 2.24) is 0 Å². The molecule has 1 aliphatic heterocycles. The minimum atomic E-state index is 1.03. The molecule has 0 fully saturated rings. The second kappa shape index (κ2) is 17.2. The summed E-state index contributed by atoms with van der Waals surface area (Å²) in [6.07, 6.45) is 0. The average Bonchev–Trinajstić information content (AvgIpc) is 3.37. The van der Waals surface area contributed by atoms with E-state index in [-0.39, 0.29) is 0 Å². The van der Waals surface area contributed by atoms with Crippen LogP contribution in [0.25, 0.3) is 66.8 Å². The molecule has 0 unspecified atom stereocenters. The van der Waals surface area contributed by atoms with Crippen LogP contribution in [-0.4, -0.2) is 7.28 Å². The number of aryl methyl sites for hydroxylation is 2. The van der Waals surface area contributed by atoms with Gasteiger partial charge in [0.2, 0.25) is 0 Å². The van der Waals surface area contributed by atoms with Gasteiger partial charge >= 0.3 is 0 Å². The lowest BCUT2D eigenvalue weighted by molar-refractivity contribution is 1.29. The number of hydrogen-bond acceptors (Lipinski definition) is 2. The molecule has 1 radical (unpaired) electrons. The van der Waals surface area contributed by atoms with Gasteiger partial charge in [0.25, 0.3) is 0 Å². The summed E-state index contributed by atoms with van der Waals surface area (Å²) in [5.74, 6) is 0. The fourth-order valence-corrected chi connectivity index (χ4v) is 9.51. The van der Waals surface area contributed by atoms with Gasteiger partial charge in [-0.3, -0.25) is 0 Å². The van der Waals surface area contributed by atoms with E-state index in [1.54, 1.807) is 0 Å². The Morgan fingerprint density at radius 2 is 0.815 bits per heavy atom. The van der Waals surface area contributed by atoms with Crippen LogP contribution < -0.4 is 21.1 Å². The summed E-state index contributed by atoms with van der Waals surface area (Å²) in [6, 6.07) is 85.8. The van der Waals surface area contributed by atoms with Gasteiger partial charge in [0.15, 0.2) is 7.28 Å². The number of nitrogens with one attached hydrogen (secondary N) is 1. The molecule has 1 heterocycles. The Morgan fingerprint density at radius 3 is 1.38 bits per heavy atom. The number of fused-ring (bicyclic) bond motifs is 2. The summed E-state index contributed by atoms with van der Waals surface area (Å²) in [5, 5.41) is 3.90. The van der Waals surface area contributed by atoms with Crippen LogP contribution in [0.1, 0.15) is 11.1 Å².